The first kappa shape index (κ1) is 21.9. The number of amides is 2. The van der Waals surface area contributed by atoms with Gasteiger partial charge in [-0.25, -0.2) is 0 Å². The lowest BCUT2D eigenvalue weighted by Gasteiger charge is -2.38. The van der Waals surface area contributed by atoms with Crippen molar-refractivity contribution in [3.8, 4) is 0 Å². The molecule has 8 nitrogen and oxygen atoms in total. The highest BCUT2D eigenvalue weighted by molar-refractivity contribution is 5.99. The van der Waals surface area contributed by atoms with Gasteiger partial charge in [0.15, 0.2) is 0 Å². The Balaban J connectivity index is 1.60. The number of rotatable bonds is 5. The average molecular weight is 453 g/mol. The van der Waals surface area contributed by atoms with Crippen LogP contribution in [0.1, 0.15) is 18.9 Å². The molecule has 0 aromatic heterocycles. The second-order valence-corrected chi connectivity index (χ2v) is 9.02. The minimum absolute atomic E-state index is 0.0133. The molecule has 2 fully saturated rings. The number of likely N-dealkylation sites (tertiary alicyclic amines) is 1. The van der Waals surface area contributed by atoms with Gasteiger partial charge in [0.05, 0.1) is 12.5 Å². The molecule has 1 aromatic carbocycles. The normalized spacial score (nSPS) is 35.1. The van der Waals surface area contributed by atoms with Gasteiger partial charge in [0, 0.05) is 19.6 Å². The van der Waals surface area contributed by atoms with Crippen molar-refractivity contribution < 1.29 is 29.0 Å². The molecule has 0 radical (unpaired) electrons. The third-order valence-corrected chi connectivity index (χ3v) is 7.34. The number of cyclic esters (lactones) is 1. The molecule has 1 unspecified atom stereocenters. The minimum atomic E-state index is -1.31. The molecule has 174 valence electrons. The van der Waals surface area contributed by atoms with Gasteiger partial charge in [-0.3, -0.25) is 14.4 Å². The summed E-state index contributed by atoms with van der Waals surface area (Å²) >= 11 is 0. The maximum Gasteiger partial charge on any atom is 0.313 e. The molecule has 0 bridgehead atoms. The molecule has 4 aliphatic heterocycles. The zero-order valence-electron chi connectivity index (χ0n) is 18.6. The van der Waals surface area contributed by atoms with Gasteiger partial charge in [-0.05, 0) is 18.1 Å². The Bertz CT molecular complexity index is 1020. The van der Waals surface area contributed by atoms with Crippen molar-refractivity contribution in [1.82, 2.24) is 9.80 Å². The van der Waals surface area contributed by atoms with E-state index in [-0.39, 0.29) is 31.6 Å². The summed E-state index contributed by atoms with van der Waals surface area (Å²) < 4.78 is 12.1. The second-order valence-electron chi connectivity index (χ2n) is 9.02. The van der Waals surface area contributed by atoms with Gasteiger partial charge >= 0.3 is 5.97 Å². The van der Waals surface area contributed by atoms with Crippen LogP contribution in [0.15, 0.2) is 54.6 Å². The number of ether oxygens (including phenoxy) is 2. The quantitative estimate of drug-likeness (QED) is 0.530. The summed E-state index contributed by atoms with van der Waals surface area (Å²) in [6, 6.07) is 8.67. The number of aliphatic hydroxyl groups excluding tert-OH is 1. The lowest BCUT2D eigenvalue weighted by molar-refractivity contribution is -0.159. The standard InChI is InChI=1S/C25H28N2O6/c1-2-24-10-7-15-32-23(31)19(24)18-21(29)27(13-14-28)20-22(30)26(12-6-11-25(18,20)33-24)16-17-8-4-3-5-9-17/h3-11,18-20,28H,2,12-16H2,1H3/t18-,19-,20?,24+,25-/m0/s1. The van der Waals surface area contributed by atoms with Gasteiger partial charge in [0.25, 0.3) is 0 Å². The van der Waals surface area contributed by atoms with Crippen LogP contribution in [0.2, 0.25) is 0 Å². The summed E-state index contributed by atoms with van der Waals surface area (Å²) in [5.74, 6) is -2.87. The van der Waals surface area contributed by atoms with Crippen LogP contribution in [0, 0.1) is 11.8 Å². The summed E-state index contributed by atoms with van der Waals surface area (Å²) in [5.41, 5.74) is -1.37. The Morgan fingerprint density at radius 2 is 1.85 bits per heavy atom. The molecule has 5 atom stereocenters. The van der Waals surface area contributed by atoms with Crippen molar-refractivity contribution in [2.75, 3.05) is 26.3 Å². The first-order valence-corrected chi connectivity index (χ1v) is 11.4. The number of carbonyl (C=O) groups excluding carboxylic acids is 3. The molecule has 2 amide bonds. The largest absolute Gasteiger partial charge is 0.461 e. The number of esters is 1. The van der Waals surface area contributed by atoms with Crippen LogP contribution < -0.4 is 0 Å². The van der Waals surface area contributed by atoms with Crippen LogP contribution in [0.5, 0.6) is 0 Å². The topological polar surface area (TPSA) is 96.4 Å². The Labute approximate surface area is 192 Å². The maximum absolute atomic E-state index is 13.9. The van der Waals surface area contributed by atoms with Gasteiger partial charge in [-0.2, -0.15) is 0 Å². The fourth-order valence-corrected chi connectivity index (χ4v) is 5.94. The highest BCUT2D eigenvalue weighted by Crippen LogP contribution is 2.58. The summed E-state index contributed by atoms with van der Waals surface area (Å²) in [6.45, 7) is 2.45. The van der Waals surface area contributed by atoms with E-state index in [0.29, 0.717) is 19.5 Å². The van der Waals surface area contributed by atoms with Gasteiger partial charge in [-0.15, -0.1) is 0 Å². The Morgan fingerprint density at radius 3 is 2.58 bits per heavy atom. The fraction of sp³-hybridized carbons (Fsp3) is 0.480. The lowest BCUT2D eigenvalue weighted by atomic mass is 9.73. The molecule has 0 aliphatic carbocycles. The van der Waals surface area contributed by atoms with E-state index >= 15 is 0 Å². The summed E-state index contributed by atoms with van der Waals surface area (Å²) in [7, 11) is 0. The van der Waals surface area contributed by atoms with Crippen molar-refractivity contribution in [2.24, 2.45) is 11.8 Å². The van der Waals surface area contributed by atoms with Gasteiger partial charge in [0.1, 0.15) is 29.8 Å². The van der Waals surface area contributed by atoms with Crippen LogP contribution in [0.25, 0.3) is 0 Å². The van der Waals surface area contributed by atoms with Crippen LogP contribution in [0.4, 0.5) is 0 Å². The number of hydrogen-bond acceptors (Lipinski definition) is 6. The highest BCUT2D eigenvalue weighted by atomic mass is 16.6. The Morgan fingerprint density at radius 1 is 1.06 bits per heavy atom. The molecule has 2 saturated heterocycles. The van der Waals surface area contributed by atoms with Gasteiger partial charge in [-0.1, -0.05) is 55.5 Å². The van der Waals surface area contributed by atoms with E-state index in [1.165, 1.54) is 4.90 Å². The minimum Gasteiger partial charge on any atom is -0.461 e. The number of fused-ring (bicyclic) bond motifs is 2. The van der Waals surface area contributed by atoms with E-state index in [2.05, 4.69) is 0 Å². The van der Waals surface area contributed by atoms with E-state index in [1.54, 1.807) is 17.1 Å². The summed E-state index contributed by atoms with van der Waals surface area (Å²) in [6.07, 6.45) is 7.67. The van der Waals surface area contributed by atoms with Crippen LogP contribution >= 0.6 is 0 Å². The predicted octanol–water partition coefficient (Wildman–Crippen LogP) is 1.05. The van der Waals surface area contributed by atoms with E-state index in [0.717, 1.165) is 5.56 Å². The Kier molecular flexibility index (Phi) is 5.37. The van der Waals surface area contributed by atoms with Crippen molar-refractivity contribution in [3.05, 3.63) is 60.2 Å². The molecule has 1 spiro atoms. The van der Waals surface area contributed by atoms with Gasteiger partial charge in [0.2, 0.25) is 11.8 Å². The van der Waals surface area contributed by atoms with Crippen molar-refractivity contribution >= 4 is 17.8 Å². The molecule has 5 rings (SSSR count). The Hall–Kier alpha value is -2.97. The smallest absolute Gasteiger partial charge is 0.313 e. The van der Waals surface area contributed by atoms with E-state index in [4.69, 9.17) is 9.47 Å². The zero-order chi connectivity index (χ0) is 23.2. The van der Waals surface area contributed by atoms with Crippen molar-refractivity contribution in [1.29, 1.82) is 0 Å². The number of benzene rings is 1. The molecule has 8 heteroatoms. The lowest BCUT2D eigenvalue weighted by Crippen LogP contribution is -2.56. The number of carbonyl (C=O) groups is 3. The van der Waals surface area contributed by atoms with E-state index in [9.17, 15) is 19.5 Å². The highest BCUT2D eigenvalue weighted by Gasteiger charge is 2.75. The third kappa shape index (κ3) is 3.15. The molecular weight excluding hydrogens is 424 g/mol. The first-order valence-electron chi connectivity index (χ1n) is 11.4. The monoisotopic (exact) mass is 452 g/mol. The first-order chi connectivity index (χ1) is 16.0. The summed E-state index contributed by atoms with van der Waals surface area (Å²) in [4.78, 5) is 43.8. The maximum atomic E-state index is 13.9. The molecule has 4 aliphatic rings. The van der Waals surface area contributed by atoms with E-state index < -0.39 is 35.0 Å². The average Bonchev–Trinajstić information content (AvgIpc) is 3.09. The molecule has 1 N–H and O–H groups in total. The van der Waals surface area contributed by atoms with Crippen LogP contribution in [0.3, 0.4) is 0 Å². The number of hydrogen-bond donors (Lipinski definition) is 1. The van der Waals surface area contributed by atoms with Crippen LogP contribution in [-0.4, -0.2) is 76.2 Å². The molecule has 1 aromatic rings. The van der Waals surface area contributed by atoms with E-state index in [1.807, 2.05) is 49.4 Å². The van der Waals surface area contributed by atoms with Crippen LogP contribution in [-0.2, 0) is 30.4 Å². The zero-order valence-corrected chi connectivity index (χ0v) is 18.6. The number of aliphatic hydroxyl groups is 1. The van der Waals surface area contributed by atoms with Gasteiger partial charge < -0.3 is 24.4 Å². The number of nitrogens with zero attached hydrogens (tertiary/aromatic N) is 2. The molecule has 0 saturated carbocycles. The molecular formula is C25H28N2O6. The van der Waals surface area contributed by atoms with Crippen molar-refractivity contribution in [3.63, 3.8) is 0 Å². The second kappa shape index (κ2) is 8.11. The SMILES string of the molecule is CC[C@@]12C=CCOC(=O)[C@@H]1[C@H]1C(=O)N(CCO)C3C(=O)N(Cc4ccccc4)CC=C[C@@]31O2. The summed E-state index contributed by atoms with van der Waals surface area (Å²) in [5, 5.41) is 9.70. The van der Waals surface area contributed by atoms with Crippen molar-refractivity contribution in [2.45, 2.75) is 37.1 Å². The molecule has 33 heavy (non-hydrogen) atoms. The third-order valence-electron chi connectivity index (χ3n) is 7.34. The number of β-amino-alcohol motifs (C(OH)–C–C–N with tert-alkyl or cyclic N) is 1. The predicted molar refractivity (Wildman–Crippen MR) is 118 cm³/mol. The molecule has 4 heterocycles. The fourth-order valence-electron chi connectivity index (χ4n) is 5.94.